The van der Waals surface area contributed by atoms with Crippen molar-refractivity contribution < 1.29 is 19.2 Å². The summed E-state index contributed by atoms with van der Waals surface area (Å²) in [4.78, 5) is 36.3. The van der Waals surface area contributed by atoms with Crippen molar-refractivity contribution in [3.63, 3.8) is 0 Å². The maximum absolute atomic E-state index is 12.4. The van der Waals surface area contributed by atoms with Gasteiger partial charge in [0.15, 0.2) is 10.9 Å². The SMILES string of the molecule is C=CCN1C(=O)C(=Cc2cccc(OC)c2[N+](=O)[O-])C(=O)NC1=S. The Morgan fingerprint density at radius 3 is 2.75 bits per heavy atom. The lowest BCUT2D eigenvalue weighted by Crippen LogP contribution is -2.53. The van der Waals surface area contributed by atoms with Gasteiger partial charge in [0.1, 0.15) is 5.57 Å². The number of benzene rings is 1. The summed E-state index contributed by atoms with van der Waals surface area (Å²) in [6.45, 7) is 3.63. The number of hydrogen-bond acceptors (Lipinski definition) is 6. The van der Waals surface area contributed by atoms with E-state index in [1.807, 2.05) is 0 Å². The number of hydrogen-bond donors (Lipinski definition) is 1. The van der Waals surface area contributed by atoms with E-state index in [4.69, 9.17) is 17.0 Å². The highest BCUT2D eigenvalue weighted by atomic mass is 32.1. The van der Waals surface area contributed by atoms with Crippen molar-refractivity contribution in [2.75, 3.05) is 13.7 Å². The van der Waals surface area contributed by atoms with Crippen LogP contribution in [0.1, 0.15) is 5.56 Å². The number of nitrogens with zero attached hydrogens (tertiary/aromatic N) is 2. The minimum Gasteiger partial charge on any atom is -0.490 e. The number of thiocarbonyl (C=S) groups is 1. The number of para-hydroxylation sites is 1. The second-order valence-electron chi connectivity index (χ2n) is 4.68. The van der Waals surface area contributed by atoms with Gasteiger partial charge in [0.25, 0.3) is 11.8 Å². The summed E-state index contributed by atoms with van der Waals surface area (Å²) in [5.74, 6) is -1.35. The van der Waals surface area contributed by atoms with Gasteiger partial charge in [-0.2, -0.15) is 0 Å². The van der Waals surface area contributed by atoms with E-state index in [-0.39, 0.29) is 34.2 Å². The molecule has 0 spiro atoms. The molecule has 1 heterocycles. The van der Waals surface area contributed by atoms with Crippen LogP contribution >= 0.6 is 12.2 Å². The lowest BCUT2D eigenvalue weighted by atomic mass is 10.1. The molecule has 124 valence electrons. The fourth-order valence-corrected chi connectivity index (χ4v) is 2.41. The lowest BCUT2D eigenvalue weighted by Gasteiger charge is -2.27. The van der Waals surface area contributed by atoms with Gasteiger partial charge in [0.05, 0.1) is 17.6 Å². The lowest BCUT2D eigenvalue weighted by molar-refractivity contribution is -0.386. The number of rotatable bonds is 5. The molecule has 1 saturated heterocycles. The van der Waals surface area contributed by atoms with Crippen molar-refractivity contribution in [1.82, 2.24) is 10.2 Å². The van der Waals surface area contributed by atoms with Crippen LogP contribution in [-0.4, -0.2) is 40.4 Å². The highest BCUT2D eigenvalue weighted by molar-refractivity contribution is 7.80. The highest BCUT2D eigenvalue weighted by Gasteiger charge is 2.33. The number of amides is 2. The Morgan fingerprint density at radius 2 is 2.17 bits per heavy atom. The zero-order valence-corrected chi connectivity index (χ0v) is 13.5. The summed E-state index contributed by atoms with van der Waals surface area (Å²) in [5.41, 5.74) is -0.525. The first-order valence-electron chi connectivity index (χ1n) is 6.71. The van der Waals surface area contributed by atoms with Crippen LogP contribution in [-0.2, 0) is 9.59 Å². The largest absolute Gasteiger partial charge is 0.490 e. The van der Waals surface area contributed by atoms with Crippen LogP contribution in [0.3, 0.4) is 0 Å². The minimum atomic E-state index is -0.720. The van der Waals surface area contributed by atoms with E-state index in [1.165, 1.54) is 31.4 Å². The Bertz CT molecular complexity index is 787. The molecule has 8 nitrogen and oxygen atoms in total. The molecule has 0 aliphatic carbocycles. The molecule has 9 heteroatoms. The van der Waals surface area contributed by atoms with E-state index < -0.39 is 16.7 Å². The van der Waals surface area contributed by atoms with E-state index >= 15 is 0 Å². The molecule has 2 rings (SSSR count). The van der Waals surface area contributed by atoms with Crippen LogP contribution in [0.5, 0.6) is 5.75 Å². The van der Waals surface area contributed by atoms with Gasteiger partial charge in [0.2, 0.25) is 0 Å². The third-order valence-corrected chi connectivity index (χ3v) is 3.55. The van der Waals surface area contributed by atoms with Crippen LogP contribution < -0.4 is 10.1 Å². The van der Waals surface area contributed by atoms with Gasteiger partial charge in [-0.15, -0.1) is 6.58 Å². The topological polar surface area (TPSA) is 102 Å². The van der Waals surface area contributed by atoms with Crippen LogP contribution in [0.15, 0.2) is 36.4 Å². The molecule has 0 bridgehead atoms. The van der Waals surface area contributed by atoms with Gasteiger partial charge in [-0.05, 0) is 30.4 Å². The summed E-state index contributed by atoms with van der Waals surface area (Å²) >= 11 is 4.94. The van der Waals surface area contributed by atoms with Crippen molar-refractivity contribution >= 4 is 40.9 Å². The zero-order valence-electron chi connectivity index (χ0n) is 12.6. The van der Waals surface area contributed by atoms with Crippen LogP contribution in [0.25, 0.3) is 6.08 Å². The average Bonchev–Trinajstić information content (AvgIpc) is 2.54. The van der Waals surface area contributed by atoms with E-state index in [9.17, 15) is 19.7 Å². The second-order valence-corrected chi connectivity index (χ2v) is 5.06. The normalized spacial score (nSPS) is 16.1. The third-order valence-electron chi connectivity index (χ3n) is 3.23. The van der Waals surface area contributed by atoms with Gasteiger partial charge in [0, 0.05) is 6.54 Å². The molecule has 0 atom stereocenters. The number of nitrogens with one attached hydrogen (secondary N) is 1. The van der Waals surface area contributed by atoms with Crippen molar-refractivity contribution in [1.29, 1.82) is 0 Å². The number of carbonyl (C=O) groups excluding carboxylic acids is 2. The zero-order chi connectivity index (χ0) is 17.9. The Kier molecular flexibility index (Phi) is 5.05. The Hall–Kier alpha value is -3.07. The fraction of sp³-hybridized carbons (Fsp3) is 0.133. The van der Waals surface area contributed by atoms with Crippen LogP contribution in [0.2, 0.25) is 0 Å². The summed E-state index contributed by atoms with van der Waals surface area (Å²) in [7, 11) is 1.29. The van der Waals surface area contributed by atoms with E-state index in [2.05, 4.69) is 11.9 Å². The third kappa shape index (κ3) is 3.15. The van der Waals surface area contributed by atoms with Crippen molar-refractivity contribution in [2.45, 2.75) is 0 Å². The molecule has 0 radical (unpaired) electrons. The Morgan fingerprint density at radius 1 is 1.46 bits per heavy atom. The molecule has 1 fully saturated rings. The molecule has 1 aromatic rings. The van der Waals surface area contributed by atoms with Crippen LogP contribution in [0.4, 0.5) is 5.69 Å². The molecule has 1 aliphatic rings. The fourth-order valence-electron chi connectivity index (χ4n) is 2.16. The molecule has 2 amide bonds. The van der Waals surface area contributed by atoms with E-state index in [1.54, 1.807) is 0 Å². The Labute approximate surface area is 142 Å². The Balaban J connectivity index is 2.56. The summed E-state index contributed by atoms with van der Waals surface area (Å²) in [6, 6.07) is 4.36. The quantitative estimate of drug-likeness (QED) is 0.216. The smallest absolute Gasteiger partial charge is 0.318 e. The molecule has 0 aromatic heterocycles. The number of nitro groups is 1. The molecule has 1 aromatic carbocycles. The first-order valence-corrected chi connectivity index (χ1v) is 7.12. The number of ether oxygens (including phenoxy) is 1. The molecule has 1 N–H and O–H groups in total. The number of nitro benzene ring substituents is 1. The molecule has 0 unspecified atom stereocenters. The summed E-state index contributed by atoms with van der Waals surface area (Å²) in [5, 5.41) is 13.6. The monoisotopic (exact) mass is 347 g/mol. The average molecular weight is 347 g/mol. The summed E-state index contributed by atoms with van der Waals surface area (Å²) < 4.78 is 4.97. The highest BCUT2D eigenvalue weighted by Crippen LogP contribution is 2.32. The van der Waals surface area contributed by atoms with Gasteiger partial charge >= 0.3 is 5.69 Å². The molecule has 24 heavy (non-hydrogen) atoms. The van der Waals surface area contributed by atoms with Crippen molar-refractivity contribution in [2.24, 2.45) is 0 Å². The predicted octanol–water partition coefficient (Wildman–Crippen LogP) is 1.42. The second kappa shape index (κ2) is 7.01. The number of methoxy groups -OCH3 is 1. The molecule has 0 saturated carbocycles. The summed E-state index contributed by atoms with van der Waals surface area (Å²) in [6.07, 6.45) is 2.60. The van der Waals surface area contributed by atoms with Crippen molar-refractivity contribution in [3.8, 4) is 5.75 Å². The number of carbonyl (C=O) groups is 2. The van der Waals surface area contributed by atoms with Crippen LogP contribution in [0, 0.1) is 10.1 Å². The maximum atomic E-state index is 12.4. The minimum absolute atomic E-state index is 0.0245. The maximum Gasteiger partial charge on any atom is 0.318 e. The molecular formula is C15H13N3O5S. The first kappa shape index (κ1) is 17.3. The van der Waals surface area contributed by atoms with Crippen molar-refractivity contribution in [3.05, 3.63) is 52.1 Å². The van der Waals surface area contributed by atoms with Gasteiger partial charge in [-0.1, -0.05) is 12.1 Å². The molecule has 1 aliphatic heterocycles. The van der Waals surface area contributed by atoms with Gasteiger partial charge in [-0.25, -0.2) is 0 Å². The standard InChI is InChI=1S/C15H13N3O5S/c1-3-7-17-14(20)10(13(19)16-15(17)24)8-9-5-4-6-11(23-2)12(9)18(21)22/h3-6,8H,1,7H2,2H3,(H,16,19,24). The van der Waals surface area contributed by atoms with Gasteiger partial charge in [-0.3, -0.25) is 29.9 Å². The van der Waals surface area contributed by atoms with E-state index in [0.29, 0.717) is 0 Å². The first-order chi connectivity index (χ1) is 11.4. The molecular weight excluding hydrogens is 334 g/mol. The predicted molar refractivity (Wildman–Crippen MR) is 90.3 cm³/mol. The van der Waals surface area contributed by atoms with Gasteiger partial charge < -0.3 is 4.74 Å². The van der Waals surface area contributed by atoms with E-state index in [0.717, 1.165) is 11.0 Å².